The number of aromatic nitrogens is 3. The lowest BCUT2D eigenvalue weighted by molar-refractivity contribution is -0.145. The summed E-state index contributed by atoms with van der Waals surface area (Å²) in [4.78, 5) is 29.8. The molecule has 152 valence electrons. The summed E-state index contributed by atoms with van der Waals surface area (Å²) in [6.45, 7) is 0.410. The van der Waals surface area contributed by atoms with Crippen LogP contribution in [0, 0.1) is 5.92 Å². The van der Waals surface area contributed by atoms with Crippen LogP contribution in [0.2, 0.25) is 5.02 Å². The summed E-state index contributed by atoms with van der Waals surface area (Å²) in [5.74, 6) is 0.603. The van der Waals surface area contributed by atoms with E-state index in [-0.39, 0.29) is 17.7 Å². The molecule has 5 rings (SSSR count). The molecule has 1 aromatic carbocycles. The summed E-state index contributed by atoms with van der Waals surface area (Å²) in [5, 5.41) is 5.63. The Hall–Kier alpha value is -3.19. The maximum absolute atomic E-state index is 13.2. The van der Waals surface area contributed by atoms with Gasteiger partial charge in [-0.1, -0.05) is 30.2 Å². The van der Waals surface area contributed by atoms with Gasteiger partial charge >= 0.3 is 5.97 Å². The fourth-order valence-corrected chi connectivity index (χ4v) is 3.71. The number of carbonyl (C=O) groups is 1. The molecule has 0 amide bonds. The third-order valence-electron chi connectivity index (χ3n) is 5.44. The number of nitrogens with zero attached hydrogens (tertiary/aromatic N) is 3. The van der Waals surface area contributed by atoms with Crippen LogP contribution in [0.25, 0.3) is 28.0 Å². The van der Waals surface area contributed by atoms with E-state index in [1.165, 1.54) is 17.3 Å². The van der Waals surface area contributed by atoms with Crippen LogP contribution >= 0.6 is 11.6 Å². The summed E-state index contributed by atoms with van der Waals surface area (Å²) in [7, 11) is 0. The number of ether oxygens (including phenoxy) is 1. The van der Waals surface area contributed by atoms with E-state index in [1.54, 1.807) is 18.2 Å². The number of fused-ring (bicyclic) bond motifs is 3. The molecule has 1 fully saturated rings. The summed E-state index contributed by atoms with van der Waals surface area (Å²) in [6, 6.07) is 10.5. The molecule has 1 aliphatic carbocycles. The van der Waals surface area contributed by atoms with E-state index in [4.69, 9.17) is 20.8 Å². The van der Waals surface area contributed by atoms with Gasteiger partial charge in [0, 0.05) is 11.6 Å². The molecule has 2 aromatic rings. The van der Waals surface area contributed by atoms with Crippen molar-refractivity contribution >= 4 is 28.5 Å². The minimum atomic E-state index is -0.418. The molecular weight excluding hydrogens is 406 g/mol. The molecule has 3 heterocycles. The van der Waals surface area contributed by atoms with Crippen LogP contribution in [0.3, 0.4) is 0 Å². The topological polar surface area (TPSA) is 87.2 Å². The highest BCUT2D eigenvalue weighted by Gasteiger charge is 2.27. The fourth-order valence-electron chi connectivity index (χ4n) is 3.60. The number of para-hydroxylation sites is 1. The first-order valence-electron chi connectivity index (χ1n) is 9.81. The Morgan fingerprint density at radius 2 is 2.07 bits per heavy atom. The number of carbonyl (C=O) groups excluding carboxylic acids is 1. The highest BCUT2D eigenvalue weighted by atomic mass is 35.5. The quantitative estimate of drug-likeness (QED) is 0.450. The molecule has 0 unspecified atom stereocenters. The van der Waals surface area contributed by atoms with Gasteiger partial charge in [0.15, 0.2) is 5.82 Å². The summed E-state index contributed by atoms with van der Waals surface area (Å²) in [5.41, 5.74) is 0.850. The third kappa shape index (κ3) is 3.35. The second-order valence-electron chi connectivity index (χ2n) is 7.45. The van der Waals surface area contributed by atoms with Crippen molar-refractivity contribution in [1.29, 1.82) is 0 Å². The molecule has 0 radical (unpaired) electrons. The van der Waals surface area contributed by atoms with Crippen molar-refractivity contribution in [3.63, 3.8) is 0 Å². The Kier molecular flexibility index (Phi) is 4.75. The second kappa shape index (κ2) is 7.57. The second-order valence-corrected chi connectivity index (χ2v) is 7.89. The number of hydrogen-bond acceptors (Lipinski definition) is 6. The van der Waals surface area contributed by atoms with Crippen LogP contribution in [0.4, 0.5) is 0 Å². The van der Waals surface area contributed by atoms with Crippen molar-refractivity contribution in [2.24, 2.45) is 5.92 Å². The first-order valence-corrected chi connectivity index (χ1v) is 10.2. The fraction of sp³-hybridized carbons (Fsp3) is 0.273. The van der Waals surface area contributed by atoms with Gasteiger partial charge in [-0.3, -0.25) is 9.59 Å². The standard InChI is InChI=1S/C22H18ClN3O4/c23-14-8-9-18(24-11-14)26-22(28)20-17(10-19(27)29-12-13-4-3-5-13)30-16-7-2-1-6-15(16)21(20)25-26/h1-2,6-9,11,13H,3-5,10,12H2. The highest BCUT2D eigenvalue weighted by molar-refractivity contribution is 6.30. The van der Waals surface area contributed by atoms with E-state index in [0.717, 1.165) is 12.8 Å². The normalized spacial score (nSPS) is 14.2. The van der Waals surface area contributed by atoms with Gasteiger partial charge in [0.1, 0.15) is 29.0 Å². The van der Waals surface area contributed by atoms with Crippen LogP contribution in [-0.2, 0) is 16.0 Å². The smallest absolute Gasteiger partial charge is 0.313 e. The Morgan fingerprint density at radius 3 is 2.80 bits per heavy atom. The van der Waals surface area contributed by atoms with Crippen molar-refractivity contribution in [2.75, 3.05) is 6.61 Å². The van der Waals surface area contributed by atoms with Crippen molar-refractivity contribution in [1.82, 2.24) is 14.8 Å². The third-order valence-corrected chi connectivity index (χ3v) is 5.66. The SMILES string of the molecule is O=C(Cc1oc2ccccc2c2nn(-c3ccc(Cl)cn3)c(=O)c1-2)OCC1CCC1. The number of pyridine rings is 1. The van der Waals surface area contributed by atoms with Crippen molar-refractivity contribution in [3.05, 3.63) is 63.7 Å². The first-order chi connectivity index (χ1) is 14.6. The molecule has 0 spiro atoms. The van der Waals surface area contributed by atoms with Gasteiger partial charge in [-0.2, -0.15) is 9.78 Å². The van der Waals surface area contributed by atoms with Gasteiger partial charge in [0.2, 0.25) is 0 Å². The predicted molar refractivity (Wildman–Crippen MR) is 111 cm³/mol. The predicted octanol–water partition coefficient (Wildman–Crippen LogP) is 4.02. The van der Waals surface area contributed by atoms with Crippen LogP contribution in [-0.4, -0.2) is 27.3 Å². The Balaban J connectivity index is 1.59. The van der Waals surface area contributed by atoms with Gasteiger partial charge in [0.25, 0.3) is 5.56 Å². The van der Waals surface area contributed by atoms with E-state index >= 15 is 0 Å². The Bertz CT molecular complexity index is 1260. The van der Waals surface area contributed by atoms with Crippen molar-refractivity contribution in [3.8, 4) is 17.1 Å². The first kappa shape index (κ1) is 18.8. The number of hydrogen-bond donors (Lipinski definition) is 0. The maximum Gasteiger partial charge on any atom is 0.313 e. The monoisotopic (exact) mass is 423 g/mol. The molecule has 1 saturated carbocycles. The zero-order valence-corrected chi connectivity index (χ0v) is 16.8. The molecule has 3 aliphatic rings. The van der Waals surface area contributed by atoms with E-state index < -0.39 is 11.5 Å². The van der Waals surface area contributed by atoms with E-state index in [2.05, 4.69) is 10.1 Å². The molecule has 7 nitrogen and oxygen atoms in total. The van der Waals surface area contributed by atoms with Gasteiger partial charge in [-0.25, -0.2) is 4.98 Å². The lowest BCUT2D eigenvalue weighted by atomic mass is 9.86. The minimum absolute atomic E-state index is 0.136. The van der Waals surface area contributed by atoms with E-state index in [9.17, 15) is 9.59 Å². The Labute approximate surface area is 176 Å². The van der Waals surface area contributed by atoms with Gasteiger partial charge in [-0.05, 0) is 43.0 Å². The molecule has 0 saturated heterocycles. The van der Waals surface area contributed by atoms with Crippen molar-refractivity contribution < 1.29 is 13.9 Å². The van der Waals surface area contributed by atoms with E-state index in [0.29, 0.717) is 40.0 Å². The van der Waals surface area contributed by atoms with E-state index in [1.807, 2.05) is 18.2 Å². The lowest BCUT2D eigenvalue weighted by Gasteiger charge is -2.24. The molecule has 1 aromatic heterocycles. The Morgan fingerprint density at radius 1 is 1.23 bits per heavy atom. The summed E-state index contributed by atoms with van der Waals surface area (Å²) in [6.07, 6.45) is 4.67. The molecule has 0 bridgehead atoms. The van der Waals surface area contributed by atoms with Gasteiger partial charge in [-0.15, -0.1) is 0 Å². The maximum atomic E-state index is 13.2. The summed E-state index contributed by atoms with van der Waals surface area (Å²) < 4.78 is 12.5. The highest BCUT2D eigenvalue weighted by Crippen LogP contribution is 2.32. The van der Waals surface area contributed by atoms with Crippen LogP contribution < -0.4 is 5.56 Å². The largest absolute Gasteiger partial charge is 0.465 e. The zero-order chi connectivity index (χ0) is 20.7. The minimum Gasteiger partial charge on any atom is -0.465 e. The number of rotatable bonds is 5. The molecule has 2 aliphatic heterocycles. The molecule has 0 atom stereocenters. The molecular formula is C22H18ClN3O4. The number of esters is 1. The zero-order valence-electron chi connectivity index (χ0n) is 16.0. The average Bonchev–Trinajstić information content (AvgIpc) is 3.05. The average molecular weight is 424 g/mol. The number of halogens is 1. The van der Waals surface area contributed by atoms with Crippen LogP contribution in [0.15, 0.2) is 51.8 Å². The molecule has 0 N–H and O–H groups in total. The van der Waals surface area contributed by atoms with Crippen molar-refractivity contribution in [2.45, 2.75) is 25.7 Å². The summed E-state index contributed by atoms with van der Waals surface area (Å²) >= 11 is 5.91. The lowest BCUT2D eigenvalue weighted by Crippen LogP contribution is -2.21. The van der Waals surface area contributed by atoms with Gasteiger partial charge in [0.05, 0.1) is 11.6 Å². The number of benzene rings is 1. The van der Waals surface area contributed by atoms with Crippen LogP contribution in [0.1, 0.15) is 25.0 Å². The molecule has 30 heavy (non-hydrogen) atoms. The van der Waals surface area contributed by atoms with Gasteiger partial charge < -0.3 is 9.15 Å². The van der Waals surface area contributed by atoms with Crippen LogP contribution in [0.5, 0.6) is 0 Å². The molecule has 8 heteroatoms.